The average molecular weight is 269 g/mol. The van der Waals surface area contributed by atoms with Crippen molar-refractivity contribution in [3.63, 3.8) is 0 Å². The van der Waals surface area contributed by atoms with Crippen molar-refractivity contribution in [1.82, 2.24) is 0 Å². The molecular weight excluding hydrogens is 246 g/mol. The first-order valence-corrected chi connectivity index (χ1v) is 7.20. The molecule has 0 bridgehead atoms. The van der Waals surface area contributed by atoms with Crippen molar-refractivity contribution in [2.24, 2.45) is 0 Å². The van der Waals surface area contributed by atoms with E-state index in [0.29, 0.717) is 6.04 Å². The summed E-state index contributed by atoms with van der Waals surface area (Å²) in [5, 5.41) is 3.63. The zero-order chi connectivity index (χ0) is 14.4. The fraction of sp³-hybridized carbons (Fsp3) is 0.333. The molecule has 1 unspecified atom stereocenters. The Morgan fingerprint density at radius 3 is 2.35 bits per heavy atom. The number of benzene rings is 2. The van der Waals surface area contributed by atoms with Gasteiger partial charge in [-0.1, -0.05) is 37.6 Å². The molecule has 0 aromatic heterocycles. The number of rotatable bonds is 6. The van der Waals surface area contributed by atoms with Crippen LogP contribution in [0.15, 0.2) is 48.5 Å². The fourth-order valence-electron chi connectivity index (χ4n) is 2.46. The van der Waals surface area contributed by atoms with Crippen LogP contribution in [0.5, 0.6) is 5.75 Å². The van der Waals surface area contributed by atoms with Gasteiger partial charge in [-0.2, -0.15) is 0 Å². The highest BCUT2D eigenvalue weighted by atomic mass is 16.5. The van der Waals surface area contributed by atoms with E-state index in [4.69, 9.17) is 4.74 Å². The molecule has 0 aliphatic heterocycles. The Labute approximate surface area is 121 Å². The molecule has 1 N–H and O–H groups in total. The average Bonchev–Trinajstić information content (AvgIpc) is 2.48. The number of anilines is 1. The number of hydrogen-bond donors (Lipinski definition) is 1. The summed E-state index contributed by atoms with van der Waals surface area (Å²) < 4.78 is 5.20. The van der Waals surface area contributed by atoms with E-state index in [1.807, 2.05) is 12.1 Å². The lowest BCUT2D eigenvalue weighted by Gasteiger charge is -2.22. The summed E-state index contributed by atoms with van der Waals surface area (Å²) >= 11 is 0. The van der Waals surface area contributed by atoms with Gasteiger partial charge in [0.1, 0.15) is 5.75 Å². The van der Waals surface area contributed by atoms with Gasteiger partial charge < -0.3 is 10.1 Å². The molecule has 0 fully saturated rings. The maximum Gasteiger partial charge on any atom is 0.119 e. The molecule has 0 amide bonds. The molecule has 0 aliphatic carbocycles. The third-order valence-corrected chi connectivity index (χ3v) is 3.57. The van der Waals surface area contributed by atoms with Crippen molar-refractivity contribution in [3.8, 4) is 5.75 Å². The van der Waals surface area contributed by atoms with Gasteiger partial charge in [-0.3, -0.25) is 0 Å². The van der Waals surface area contributed by atoms with Gasteiger partial charge in [0.15, 0.2) is 0 Å². The van der Waals surface area contributed by atoms with Crippen LogP contribution in [0.4, 0.5) is 5.69 Å². The molecule has 0 radical (unpaired) electrons. The van der Waals surface area contributed by atoms with Crippen LogP contribution in [-0.4, -0.2) is 7.11 Å². The van der Waals surface area contributed by atoms with Crippen molar-refractivity contribution < 1.29 is 4.74 Å². The van der Waals surface area contributed by atoms with Gasteiger partial charge >= 0.3 is 0 Å². The predicted molar refractivity (Wildman–Crippen MR) is 85.4 cm³/mol. The number of nitrogens with one attached hydrogen (secondary N) is 1. The normalized spacial score (nSPS) is 11.9. The Bertz CT molecular complexity index is 533. The molecule has 0 saturated carbocycles. The molecular formula is C18H23NO. The van der Waals surface area contributed by atoms with E-state index in [1.54, 1.807) is 7.11 Å². The summed E-state index contributed by atoms with van der Waals surface area (Å²) in [6.45, 7) is 4.40. The molecule has 2 nitrogen and oxygen atoms in total. The second-order valence-electron chi connectivity index (χ2n) is 5.07. The second kappa shape index (κ2) is 6.99. The van der Waals surface area contributed by atoms with Gasteiger partial charge in [-0.05, 0) is 48.7 Å². The lowest BCUT2D eigenvalue weighted by atomic mass is 9.97. The molecule has 2 rings (SSSR count). The van der Waals surface area contributed by atoms with Gasteiger partial charge in [-0.15, -0.1) is 0 Å². The van der Waals surface area contributed by atoms with E-state index in [-0.39, 0.29) is 0 Å². The van der Waals surface area contributed by atoms with Crippen LogP contribution in [0, 0.1) is 6.92 Å². The van der Waals surface area contributed by atoms with E-state index >= 15 is 0 Å². The van der Waals surface area contributed by atoms with Crippen molar-refractivity contribution in [3.05, 3.63) is 59.7 Å². The minimum Gasteiger partial charge on any atom is -0.497 e. The Balaban J connectivity index is 2.18. The first-order chi connectivity index (χ1) is 9.74. The Morgan fingerprint density at radius 1 is 1.05 bits per heavy atom. The molecule has 106 valence electrons. The van der Waals surface area contributed by atoms with Crippen LogP contribution in [0.3, 0.4) is 0 Å². The maximum absolute atomic E-state index is 5.20. The molecule has 2 aromatic carbocycles. The summed E-state index contributed by atoms with van der Waals surface area (Å²) in [5.74, 6) is 0.887. The number of aryl methyl sites for hydroxylation is 1. The topological polar surface area (TPSA) is 21.3 Å². The molecule has 0 aliphatic rings. The lowest BCUT2D eigenvalue weighted by Crippen LogP contribution is -2.11. The van der Waals surface area contributed by atoms with Gasteiger partial charge in [0.2, 0.25) is 0 Å². The summed E-state index contributed by atoms with van der Waals surface area (Å²) in [6, 6.07) is 17.1. The summed E-state index contributed by atoms with van der Waals surface area (Å²) in [7, 11) is 1.69. The Kier molecular flexibility index (Phi) is 5.05. The maximum atomic E-state index is 5.20. The highest BCUT2D eigenvalue weighted by Crippen LogP contribution is 2.27. The Morgan fingerprint density at radius 2 is 1.75 bits per heavy atom. The van der Waals surface area contributed by atoms with Crippen molar-refractivity contribution >= 4 is 5.69 Å². The zero-order valence-electron chi connectivity index (χ0n) is 12.5. The highest BCUT2D eigenvalue weighted by molar-refractivity contribution is 5.49. The van der Waals surface area contributed by atoms with Crippen LogP contribution in [-0.2, 0) is 0 Å². The number of methoxy groups -OCH3 is 1. The van der Waals surface area contributed by atoms with E-state index < -0.39 is 0 Å². The molecule has 0 spiro atoms. The van der Waals surface area contributed by atoms with Crippen LogP contribution < -0.4 is 10.1 Å². The standard InChI is InChI=1S/C18H23NO/c1-4-7-18(17-9-6-5-8-14(17)2)19-15-10-12-16(20-3)13-11-15/h5-6,8-13,18-19H,4,7H2,1-3H3. The fourth-order valence-corrected chi connectivity index (χ4v) is 2.46. The minimum absolute atomic E-state index is 0.356. The molecule has 1 atom stereocenters. The van der Waals surface area contributed by atoms with E-state index in [9.17, 15) is 0 Å². The van der Waals surface area contributed by atoms with E-state index in [0.717, 1.165) is 24.3 Å². The third-order valence-electron chi connectivity index (χ3n) is 3.57. The minimum atomic E-state index is 0.356. The van der Waals surface area contributed by atoms with Crippen molar-refractivity contribution in [1.29, 1.82) is 0 Å². The monoisotopic (exact) mass is 269 g/mol. The summed E-state index contributed by atoms with van der Waals surface area (Å²) in [6.07, 6.45) is 2.28. The van der Waals surface area contributed by atoms with Crippen LogP contribution in [0.2, 0.25) is 0 Å². The third kappa shape index (κ3) is 3.53. The van der Waals surface area contributed by atoms with Gasteiger partial charge in [-0.25, -0.2) is 0 Å². The zero-order valence-corrected chi connectivity index (χ0v) is 12.5. The van der Waals surface area contributed by atoms with Crippen LogP contribution in [0.25, 0.3) is 0 Å². The van der Waals surface area contributed by atoms with Gasteiger partial charge in [0.05, 0.1) is 13.2 Å². The first-order valence-electron chi connectivity index (χ1n) is 7.20. The Hall–Kier alpha value is -1.96. The number of ether oxygens (including phenoxy) is 1. The molecule has 0 heterocycles. The van der Waals surface area contributed by atoms with Crippen LogP contribution >= 0.6 is 0 Å². The molecule has 0 saturated heterocycles. The smallest absolute Gasteiger partial charge is 0.119 e. The van der Waals surface area contributed by atoms with Gasteiger partial charge in [0, 0.05) is 5.69 Å². The van der Waals surface area contributed by atoms with Crippen molar-refractivity contribution in [2.75, 3.05) is 12.4 Å². The molecule has 20 heavy (non-hydrogen) atoms. The lowest BCUT2D eigenvalue weighted by molar-refractivity contribution is 0.415. The second-order valence-corrected chi connectivity index (χ2v) is 5.07. The highest BCUT2D eigenvalue weighted by Gasteiger charge is 2.12. The number of hydrogen-bond acceptors (Lipinski definition) is 2. The predicted octanol–water partition coefficient (Wildman–Crippen LogP) is 4.96. The van der Waals surface area contributed by atoms with E-state index in [1.165, 1.54) is 11.1 Å². The SMILES string of the molecule is CCCC(Nc1ccc(OC)cc1)c1ccccc1C. The largest absolute Gasteiger partial charge is 0.497 e. The van der Waals surface area contributed by atoms with E-state index in [2.05, 4.69) is 55.6 Å². The molecule has 2 heteroatoms. The quantitative estimate of drug-likeness (QED) is 0.800. The van der Waals surface area contributed by atoms with Crippen molar-refractivity contribution in [2.45, 2.75) is 32.7 Å². The molecule has 2 aromatic rings. The van der Waals surface area contributed by atoms with Gasteiger partial charge in [0.25, 0.3) is 0 Å². The first kappa shape index (κ1) is 14.4. The summed E-state index contributed by atoms with van der Waals surface area (Å²) in [5.41, 5.74) is 3.85. The summed E-state index contributed by atoms with van der Waals surface area (Å²) in [4.78, 5) is 0. The van der Waals surface area contributed by atoms with Crippen LogP contribution in [0.1, 0.15) is 36.9 Å².